The van der Waals surface area contributed by atoms with E-state index in [0.29, 0.717) is 6.42 Å². The molecule has 0 saturated carbocycles. The molecule has 1 aromatic heterocycles. The molecule has 3 rings (SSSR count). The monoisotopic (exact) mass is 273 g/mol. The fourth-order valence-electron chi connectivity index (χ4n) is 2.46. The Hall–Kier alpha value is -1.65. The third-order valence-electron chi connectivity index (χ3n) is 3.44. The van der Waals surface area contributed by atoms with Crippen LogP contribution in [0.25, 0.3) is 0 Å². The maximum atomic E-state index is 11.6. The number of fused-ring (bicyclic) bond motifs is 1. The van der Waals surface area contributed by atoms with E-state index in [9.17, 15) is 9.90 Å². The van der Waals surface area contributed by atoms with Gasteiger partial charge in [-0.1, -0.05) is 25.1 Å². The molecule has 0 saturated heterocycles. The van der Waals surface area contributed by atoms with Gasteiger partial charge < -0.3 is 10.4 Å². The van der Waals surface area contributed by atoms with Gasteiger partial charge in [-0.25, -0.2) is 0 Å². The Labute approximate surface area is 115 Å². The lowest BCUT2D eigenvalue weighted by atomic mass is 9.97. The van der Waals surface area contributed by atoms with Crippen LogP contribution in [0, 0.1) is 0 Å². The van der Waals surface area contributed by atoms with Crippen LogP contribution in [0.2, 0.25) is 0 Å². The summed E-state index contributed by atoms with van der Waals surface area (Å²) in [6, 6.07) is 7.88. The van der Waals surface area contributed by atoms with E-state index < -0.39 is 6.10 Å². The maximum absolute atomic E-state index is 11.6. The van der Waals surface area contributed by atoms with Crippen LogP contribution < -0.4 is 5.32 Å². The van der Waals surface area contributed by atoms with Crippen LogP contribution in [0.15, 0.2) is 29.6 Å². The highest BCUT2D eigenvalue weighted by Gasteiger charge is 2.25. The van der Waals surface area contributed by atoms with E-state index in [2.05, 4.69) is 18.3 Å². The van der Waals surface area contributed by atoms with Gasteiger partial charge in [0.2, 0.25) is 5.91 Å². The predicted molar refractivity (Wildman–Crippen MR) is 76.5 cm³/mol. The van der Waals surface area contributed by atoms with E-state index in [-0.39, 0.29) is 5.91 Å². The fraction of sp³-hybridized carbons (Fsp3) is 0.267. The molecule has 2 N–H and O–H groups in total. The number of aliphatic hydroxyl groups excluding tert-OH is 1. The lowest BCUT2D eigenvalue weighted by Gasteiger charge is -2.15. The summed E-state index contributed by atoms with van der Waals surface area (Å²) in [7, 11) is 0. The molecular formula is C15H15NO2S. The number of nitrogens with one attached hydrogen (secondary N) is 1. The van der Waals surface area contributed by atoms with Gasteiger partial charge in [-0.3, -0.25) is 4.79 Å². The van der Waals surface area contributed by atoms with Gasteiger partial charge in [0.05, 0.1) is 12.1 Å². The average molecular weight is 273 g/mol. The summed E-state index contributed by atoms with van der Waals surface area (Å²) in [5.41, 5.74) is 3.75. The van der Waals surface area contributed by atoms with Crippen LogP contribution in [0.5, 0.6) is 0 Å². The largest absolute Gasteiger partial charge is 0.383 e. The van der Waals surface area contributed by atoms with Crippen molar-refractivity contribution in [2.45, 2.75) is 25.9 Å². The van der Waals surface area contributed by atoms with Crippen molar-refractivity contribution in [1.82, 2.24) is 0 Å². The van der Waals surface area contributed by atoms with E-state index >= 15 is 0 Å². The number of amides is 1. The van der Waals surface area contributed by atoms with Gasteiger partial charge in [0, 0.05) is 10.4 Å². The third kappa shape index (κ3) is 2.17. The first-order chi connectivity index (χ1) is 9.19. The zero-order valence-electron chi connectivity index (χ0n) is 10.6. The number of hydrogen-bond acceptors (Lipinski definition) is 3. The smallest absolute Gasteiger partial charge is 0.228 e. The van der Waals surface area contributed by atoms with Crippen molar-refractivity contribution in [1.29, 1.82) is 0 Å². The minimum atomic E-state index is -0.668. The SMILES string of the molecule is CCc1cc2c(c(C(O)c3cccs3)c1)NC(=O)C2. The predicted octanol–water partition coefficient (Wildman–Crippen LogP) is 2.89. The summed E-state index contributed by atoms with van der Waals surface area (Å²) in [6.07, 6.45) is 0.637. The van der Waals surface area contributed by atoms with Crippen molar-refractivity contribution in [2.75, 3.05) is 5.32 Å². The first kappa shape index (κ1) is 12.4. The summed E-state index contributed by atoms with van der Waals surface area (Å²) in [5.74, 6) is 0.00267. The number of carbonyl (C=O) groups is 1. The quantitative estimate of drug-likeness (QED) is 0.903. The molecule has 1 aliphatic heterocycles. The fourth-order valence-corrected chi connectivity index (χ4v) is 3.19. The first-order valence-electron chi connectivity index (χ1n) is 6.36. The highest BCUT2D eigenvalue weighted by atomic mass is 32.1. The molecule has 0 radical (unpaired) electrons. The number of carbonyl (C=O) groups excluding carboxylic acids is 1. The standard InChI is InChI=1S/C15H15NO2S/c1-2-9-6-10-8-13(17)16-14(10)11(7-9)15(18)12-4-3-5-19-12/h3-7,15,18H,2,8H2,1H3,(H,16,17). The maximum Gasteiger partial charge on any atom is 0.228 e. The van der Waals surface area contributed by atoms with Gasteiger partial charge in [0.25, 0.3) is 0 Å². The average Bonchev–Trinajstić information content (AvgIpc) is 3.04. The molecule has 0 fully saturated rings. The summed E-state index contributed by atoms with van der Waals surface area (Å²) in [5, 5.41) is 15.3. The molecule has 3 nitrogen and oxygen atoms in total. The third-order valence-corrected chi connectivity index (χ3v) is 4.37. The lowest BCUT2D eigenvalue weighted by Crippen LogP contribution is -2.07. The Bertz CT molecular complexity index is 619. The number of rotatable bonds is 3. The minimum absolute atomic E-state index is 0.00267. The van der Waals surface area contributed by atoms with Gasteiger partial charge in [0.15, 0.2) is 0 Å². The number of thiophene rings is 1. The number of aliphatic hydroxyl groups is 1. The molecule has 1 aromatic carbocycles. The second kappa shape index (κ2) is 4.79. The number of benzene rings is 1. The Morgan fingerprint density at radius 3 is 3.00 bits per heavy atom. The highest BCUT2D eigenvalue weighted by Crippen LogP contribution is 2.36. The molecule has 98 valence electrons. The number of anilines is 1. The molecule has 1 aliphatic rings. The van der Waals surface area contributed by atoms with Crippen molar-refractivity contribution >= 4 is 22.9 Å². The van der Waals surface area contributed by atoms with Gasteiger partial charge in [-0.2, -0.15) is 0 Å². The van der Waals surface area contributed by atoms with E-state index in [4.69, 9.17) is 0 Å². The lowest BCUT2D eigenvalue weighted by molar-refractivity contribution is -0.115. The molecule has 2 aromatic rings. The normalized spacial score (nSPS) is 15.2. The van der Waals surface area contributed by atoms with E-state index in [1.54, 1.807) is 0 Å². The van der Waals surface area contributed by atoms with Crippen molar-refractivity contribution in [3.05, 3.63) is 51.2 Å². The molecule has 0 spiro atoms. The molecule has 1 atom stereocenters. The Morgan fingerprint density at radius 2 is 2.32 bits per heavy atom. The highest BCUT2D eigenvalue weighted by molar-refractivity contribution is 7.10. The molecule has 0 bridgehead atoms. The Kier molecular flexibility index (Phi) is 3.12. The molecule has 1 unspecified atom stereocenters. The number of hydrogen-bond donors (Lipinski definition) is 2. The topological polar surface area (TPSA) is 49.3 Å². The van der Waals surface area contributed by atoms with Crippen molar-refractivity contribution in [3.63, 3.8) is 0 Å². The molecular weight excluding hydrogens is 258 g/mol. The van der Waals surface area contributed by atoms with Gasteiger partial charge in [-0.15, -0.1) is 11.3 Å². The number of aryl methyl sites for hydroxylation is 1. The van der Waals surface area contributed by atoms with E-state index in [0.717, 1.165) is 33.7 Å². The summed E-state index contributed by atoms with van der Waals surface area (Å²) in [4.78, 5) is 12.5. The van der Waals surface area contributed by atoms with Crippen LogP contribution in [0.4, 0.5) is 5.69 Å². The van der Waals surface area contributed by atoms with Crippen molar-refractivity contribution < 1.29 is 9.90 Å². The molecule has 0 aliphatic carbocycles. The van der Waals surface area contributed by atoms with Gasteiger partial charge in [-0.05, 0) is 29.0 Å². The van der Waals surface area contributed by atoms with E-state index in [1.165, 1.54) is 11.3 Å². The van der Waals surface area contributed by atoms with Crippen molar-refractivity contribution in [2.24, 2.45) is 0 Å². The summed E-state index contributed by atoms with van der Waals surface area (Å²) in [6.45, 7) is 2.08. The van der Waals surface area contributed by atoms with Crippen LogP contribution in [0.3, 0.4) is 0 Å². The first-order valence-corrected chi connectivity index (χ1v) is 7.24. The van der Waals surface area contributed by atoms with Crippen LogP contribution in [0.1, 0.15) is 34.6 Å². The van der Waals surface area contributed by atoms with Crippen LogP contribution >= 0.6 is 11.3 Å². The summed E-state index contributed by atoms with van der Waals surface area (Å²) < 4.78 is 0. The zero-order valence-corrected chi connectivity index (χ0v) is 11.5. The van der Waals surface area contributed by atoms with Crippen LogP contribution in [-0.2, 0) is 17.6 Å². The van der Waals surface area contributed by atoms with Crippen molar-refractivity contribution in [3.8, 4) is 0 Å². The molecule has 4 heteroatoms. The molecule has 1 amide bonds. The Balaban J connectivity index is 2.10. The summed E-state index contributed by atoms with van der Waals surface area (Å²) >= 11 is 1.52. The second-order valence-corrected chi connectivity index (χ2v) is 5.69. The Morgan fingerprint density at radius 1 is 1.47 bits per heavy atom. The van der Waals surface area contributed by atoms with Crippen LogP contribution in [-0.4, -0.2) is 11.0 Å². The van der Waals surface area contributed by atoms with E-state index in [1.807, 2.05) is 23.6 Å². The molecule has 19 heavy (non-hydrogen) atoms. The zero-order chi connectivity index (χ0) is 13.4. The van der Waals surface area contributed by atoms with Gasteiger partial charge >= 0.3 is 0 Å². The molecule has 2 heterocycles. The van der Waals surface area contributed by atoms with Gasteiger partial charge in [0.1, 0.15) is 6.10 Å². The minimum Gasteiger partial charge on any atom is -0.383 e. The second-order valence-electron chi connectivity index (χ2n) is 4.72.